The fraction of sp³-hybridized carbons (Fsp3) is 0.500. The average molecular weight is 338 g/mol. The largest absolute Gasteiger partial charge is 0.334 e. The Morgan fingerprint density at radius 2 is 1.00 bits per heavy atom. The highest BCUT2D eigenvalue weighted by atomic mass is 15.2. The molecule has 2 aromatic carbocycles. The quantitative estimate of drug-likeness (QED) is 0.547. The van der Waals surface area contributed by atoms with Crippen LogP contribution in [0.4, 0.5) is 11.4 Å². The predicted octanol–water partition coefficient (Wildman–Crippen LogP) is 7.46. The van der Waals surface area contributed by atoms with Crippen LogP contribution in [0, 0.1) is 10.8 Å². The molecule has 0 spiro atoms. The average Bonchev–Trinajstić information content (AvgIpc) is 2.54. The van der Waals surface area contributed by atoms with Crippen LogP contribution >= 0.6 is 0 Å². The van der Waals surface area contributed by atoms with Gasteiger partial charge < -0.3 is 4.90 Å². The normalized spacial score (nSPS) is 12.9. The third-order valence-corrected chi connectivity index (χ3v) is 5.50. The summed E-state index contributed by atoms with van der Waals surface area (Å²) in [4.78, 5) is 2.61. The molecule has 136 valence electrons. The van der Waals surface area contributed by atoms with Gasteiger partial charge in [-0.15, -0.1) is 0 Å². The molecular formula is C24H35N. The van der Waals surface area contributed by atoms with Gasteiger partial charge >= 0.3 is 0 Å². The Morgan fingerprint density at radius 3 is 1.28 bits per heavy atom. The van der Waals surface area contributed by atoms with Gasteiger partial charge in [-0.05, 0) is 41.5 Å². The van der Waals surface area contributed by atoms with Crippen LogP contribution < -0.4 is 4.90 Å². The Kier molecular flexibility index (Phi) is 5.66. The lowest BCUT2D eigenvalue weighted by atomic mass is 9.57. The molecule has 0 radical (unpaired) electrons. The molecule has 2 rings (SSSR count). The summed E-state index contributed by atoms with van der Waals surface area (Å²) in [6, 6.07) is 21.8. The first-order valence-electron chi connectivity index (χ1n) is 9.55. The highest BCUT2D eigenvalue weighted by Gasteiger charge is 2.54. The smallest absolute Gasteiger partial charge is 0.0547 e. The predicted molar refractivity (Wildman–Crippen MR) is 112 cm³/mol. The molecule has 0 unspecified atom stereocenters. The standard InChI is InChI=1S/C24H35N/c1-8-19-24(22(2,3)4,23(5,6)7)25(20-15-11-9-12-16-20)21-17-13-10-14-18-21/h9-18H,8,19H2,1-7H3. The molecule has 0 saturated carbocycles. The van der Waals surface area contributed by atoms with Crippen LogP contribution in [0.2, 0.25) is 0 Å². The van der Waals surface area contributed by atoms with E-state index in [1.54, 1.807) is 0 Å². The third kappa shape index (κ3) is 3.61. The van der Waals surface area contributed by atoms with Gasteiger partial charge in [0.1, 0.15) is 0 Å². The summed E-state index contributed by atoms with van der Waals surface area (Å²) in [5.74, 6) is 0. The molecule has 0 fully saturated rings. The topological polar surface area (TPSA) is 3.24 Å². The summed E-state index contributed by atoms with van der Waals surface area (Å²) < 4.78 is 0. The molecule has 0 N–H and O–H groups in total. The summed E-state index contributed by atoms with van der Waals surface area (Å²) in [7, 11) is 0. The van der Waals surface area contributed by atoms with Crippen molar-refractivity contribution in [1.29, 1.82) is 0 Å². The van der Waals surface area contributed by atoms with Crippen molar-refractivity contribution in [1.82, 2.24) is 0 Å². The summed E-state index contributed by atoms with van der Waals surface area (Å²) in [5, 5.41) is 0. The lowest BCUT2D eigenvalue weighted by Crippen LogP contribution is -2.63. The van der Waals surface area contributed by atoms with E-state index in [9.17, 15) is 0 Å². The van der Waals surface area contributed by atoms with Crippen LogP contribution in [-0.2, 0) is 0 Å². The molecule has 1 heteroatoms. The van der Waals surface area contributed by atoms with Gasteiger partial charge in [-0.2, -0.15) is 0 Å². The van der Waals surface area contributed by atoms with E-state index in [1.165, 1.54) is 11.4 Å². The number of para-hydroxylation sites is 2. The molecule has 25 heavy (non-hydrogen) atoms. The van der Waals surface area contributed by atoms with E-state index in [0.29, 0.717) is 0 Å². The van der Waals surface area contributed by atoms with Gasteiger partial charge in [0.05, 0.1) is 5.54 Å². The van der Waals surface area contributed by atoms with E-state index in [-0.39, 0.29) is 16.4 Å². The molecule has 0 aliphatic carbocycles. The molecule has 1 nitrogen and oxygen atoms in total. The molecule has 0 atom stereocenters. The maximum atomic E-state index is 2.61. The monoisotopic (exact) mass is 337 g/mol. The number of rotatable bonds is 5. The van der Waals surface area contributed by atoms with Gasteiger partial charge in [-0.3, -0.25) is 0 Å². The van der Waals surface area contributed by atoms with Crippen LogP contribution in [0.1, 0.15) is 61.3 Å². The van der Waals surface area contributed by atoms with Crippen molar-refractivity contribution in [2.75, 3.05) is 4.90 Å². The van der Waals surface area contributed by atoms with Gasteiger partial charge in [0.15, 0.2) is 0 Å². The number of anilines is 2. The first kappa shape index (κ1) is 19.6. The van der Waals surface area contributed by atoms with E-state index in [0.717, 1.165) is 12.8 Å². The van der Waals surface area contributed by atoms with Crippen LogP contribution in [0.15, 0.2) is 60.7 Å². The molecule has 0 aliphatic rings. The van der Waals surface area contributed by atoms with Gasteiger partial charge in [0.2, 0.25) is 0 Å². The molecule has 0 aliphatic heterocycles. The minimum absolute atomic E-state index is 0.0164. The third-order valence-electron chi connectivity index (χ3n) is 5.50. The van der Waals surface area contributed by atoms with Crippen LogP contribution in [0.3, 0.4) is 0 Å². The fourth-order valence-corrected chi connectivity index (χ4v) is 4.76. The minimum atomic E-state index is -0.0164. The Labute approximate surface area is 155 Å². The van der Waals surface area contributed by atoms with E-state index in [4.69, 9.17) is 0 Å². The van der Waals surface area contributed by atoms with Crippen molar-refractivity contribution in [3.05, 3.63) is 60.7 Å². The van der Waals surface area contributed by atoms with Crippen molar-refractivity contribution in [2.24, 2.45) is 10.8 Å². The Balaban J connectivity index is 2.83. The van der Waals surface area contributed by atoms with Gasteiger partial charge in [0, 0.05) is 11.4 Å². The fourth-order valence-electron chi connectivity index (χ4n) is 4.76. The van der Waals surface area contributed by atoms with Crippen molar-refractivity contribution >= 4 is 11.4 Å². The molecule has 0 heterocycles. The summed E-state index contributed by atoms with van der Waals surface area (Å²) >= 11 is 0. The zero-order chi connectivity index (χ0) is 18.7. The summed E-state index contributed by atoms with van der Waals surface area (Å²) in [6.45, 7) is 16.7. The summed E-state index contributed by atoms with van der Waals surface area (Å²) in [5.41, 5.74) is 2.73. The molecule has 2 aromatic rings. The molecule has 0 aromatic heterocycles. The van der Waals surface area contributed by atoms with Gasteiger partial charge in [-0.1, -0.05) is 91.3 Å². The Bertz CT molecular complexity index is 590. The lowest BCUT2D eigenvalue weighted by Gasteiger charge is -2.60. The van der Waals surface area contributed by atoms with Crippen molar-refractivity contribution in [3.8, 4) is 0 Å². The first-order valence-corrected chi connectivity index (χ1v) is 9.55. The zero-order valence-corrected chi connectivity index (χ0v) is 17.1. The lowest BCUT2D eigenvalue weighted by molar-refractivity contribution is 0.0504. The number of nitrogens with zero attached hydrogens (tertiary/aromatic N) is 1. The molecule has 0 bridgehead atoms. The first-order chi connectivity index (χ1) is 11.6. The molecular weight excluding hydrogens is 302 g/mol. The highest BCUT2D eigenvalue weighted by Crippen LogP contribution is 2.55. The highest BCUT2D eigenvalue weighted by molar-refractivity contribution is 5.66. The van der Waals surface area contributed by atoms with Crippen molar-refractivity contribution in [3.63, 3.8) is 0 Å². The Morgan fingerprint density at radius 1 is 0.640 bits per heavy atom. The second kappa shape index (κ2) is 7.23. The van der Waals surface area contributed by atoms with Crippen molar-refractivity contribution < 1.29 is 0 Å². The number of hydrogen-bond acceptors (Lipinski definition) is 1. The second-order valence-electron chi connectivity index (χ2n) is 9.12. The van der Waals surface area contributed by atoms with E-state index in [2.05, 4.69) is 114 Å². The van der Waals surface area contributed by atoms with E-state index in [1.807, 2.05) is 0 Å². The molecule has 0 saturated heterocycles. The molecule has 0 amide bonds. The number of hydrogen-bond donors (Lipinski definition) is 0. The van der Waals surface area contributed by atoms with Crippen LogP contribution in [0.5, 0.6) is 0 Å². The summed E-state index contributed by atoms with van der Waals surface area (Å²) in [6.07, 6.45) is 2.30. The van der Waals surface area contributed by atoms with Crippen LogP contribution in [0.25, 0.3) is 0 Å². The maximum absolute atomic E-state index is 2.61. The number of benzene rings is 2. The maximum Gasteiger partial charge on any atom is 0.0547 e. The van der Waals surface area contributed by atoms with E-state index >= 15 is 0 Å². The second-order valence-corrected chi connectivity index (χ2v) is 9.12. The van der Waals surface area contributed by atoms with Crippen LogP contribution in [-0.4, -0.2) is 5.54 Å². The van der Waals surface area contributed by atoms with Gasteiger partial charge in [0.25, 0.3) is 0 Å². The SMILES string of the molecule is CCCC(N(c1ccccc1)c1ccccc1)(C(C)(C)C)C(C)(C)C. The van der Waals surface area contributed by atoms with E-state index < -0.39 is 0 Å². The van der Waals surface area contributed by atoms with Gasteiger partial charge in [-0.25, -0.2) is 0 Å². The Hall–Kier alpha value is -1.76. The van der Waals surface area contributed by atoms with Crippen molar-refractivity contribution in [2.45, 2.75) is 66.8 Å². The minimum Gasteiger partial charge on any atom is -0.334 e. The zero-order valence-electron chi connectivity index (χ0n) is 17.1.